The lowest BCUT2D eigenvalue weighted by Gasteiger charge is -2.27. The van der Waals surface area contributed by atoms with E-state index in [1.165, 1.54) is 109 Å². The van der Waals surface area contributed by atoms with Crippen LogP contribution in [0.3, 0.4) is 0 Å². The normalized spacial score (nSPS) is 14.7. The highest BCUT2D eigenvalue weighted by Crippen LogP contribution is 2.15. The molecule has 1 amide bonds. The minimum atomic E-state index is -1.25. The number of unbranched alkanes of at least 4 members (excludes halogenated alkanes) is 21. The topological polar surface area (TPSA) is 110 Å². The van der Waals surface area contributed by atoms with E-state index < -0.39 is 36.9 Å². The zero-order valence-electron chi connectivity index (χ0n) is 27.8. The standard InChI is InChI=1S/C36H71NO5/c1-3-5-7-9-11-13-15-17-18-20-22-24-26-28-30-34(40)36(42)37-32(31-38)35(41)33(39)29-27-25-23-21-19-16-14-12-10-8-6-4-2/h13,15,32-35,38-41H,3-12,14,16-31H2,1-2H3,(H,37,42)/b15-13-. The third kappa shape index (κ3) is 25.5. The fourth-order valence-corrected chi connectivity index (χ4v) is 5.51. The summed E-state index contributed by atoms with van der Waals surface area (Å²) >= 11 is 0. The van der Waals surface area contributed by atoms with Gasteiger partial charge >= 0.3 is 0 Å². The molecule has 0 saturated carbocycles. The van der Waals surface area contributed by atoms with Crippen molar-refractivity contribution in [3.05, 3.63) is 12.2 Å². The van der Waals surface area contributed by atoms with Gasteiger partial charge in [0.05, 0.1) is 18.8 Å². The summed E-state index contributed by atoms with van der Waals surface area (Å²) in [5, 5.41) is 43.4. The number of allylic oxidation sites excluding steroid dienone is 2. The van der Waals surface area contributed by atoms with Gasteiger partial charge in [-0.1, -0.05) is 154 Å². The highest BCUT2D eigenvalue weighted by molar-refractivity contribution is 5.80. The van der Waals surface area contributed by atoms with Gasteiger partial charge in [0, 0.05) is 0 Å². The molecule has 0 spiro atoms. The van der Waals surface area contributed by atoms with E-state index in [9.17, 15) is 25.2 Å². The first-order chi connectivity index (χ1) is 20.5. The van der Waals surface area contributed by atoms with Crippen LogP contribution in [0, 0.1) is 0 Å². The lowest BCUT2D eigenvalue weighted by atomic mass is 9.99. The third-order valence-electron chi connectivity index (χ3n) is 8.48. The number of aliphatic hydroxyl groups is 4. The molecule has 6 nitrogen and oxygen atoms in total. The van der Waals surface area contributed by atoms with Gasteiger partial charge in [0.2, 0.25) is 5.91 Å². The second kappa shape index (κ2) is 31.5. The lowest BCUT2D eigenvalue weighted by molar-refractivity contribution is -0.132. The van der Waals surface area contributed by atoms with Crippen LogP contribution in [-0.4, -0.2) is 57.3 Å². The molecule has 0 fully saturated rings. The van der Waals surface area contributed by atoms with Crippen molar-refractivity contribution in [2.45, 2.75) is 205 Å². The predicted octanol–water partition coefficient (Wildman–Crippen LogP) is 8.28. The Labute approximate surface area is 260 Å². The van der Waals surface area contributed by atoms with Crippen molar-refractivity contribution in [2.24, 2.45) is 0 Å². The molecule has 0 heterocycles. The molecule has 0 radical (unpaired) electrons. The summed E-state index contributed by atoms with van der Waals surface area (Å²) in [4.78, 5) is 12.4. The van der Waals surface area contributed by atoms with E-state index in [1.807, 2.05) is 0 Å². The molecule has 0 aliphatic carbocycles. The molecule has 0 saturated heterocycles. The summed E-state index contributed by atoms with van der Waals surface area (Å²) in [6.07, 6.45) is 30.8. The second-order valence-electron chi connectivity index (χ2n) is 12.6. The Morgan fingerprint density at radius 3 is 1.40 bits per heavy atom. The van der Waals surface area contributed by atoms with Crippen LogP contribution in [0.15, 0.2) is 12.2 Å². The Kier molecular flexibility index (Phi) is 30.8. The molecule has 42 heavy (non-hydrogen) atoms. The van der Waals surface area contributed by atoms with Gasteiger partial charge in [0.25, 0.3) is 0 Å². The Morgan fingerprint density at radius 1 is 0.571 bits per heavy atom. The maximum absolute atomic E-state index is 12.4. The van der Waals surface area contributed by atoms with Gasteiger partial charge in [-0.05, 0) is 38.5 Å². The van der Waals surface area contributed by atoms with Crippen LogP contribution < -0.4 is 5.32 Å². The van der Waals surface area contributed by atoms with Crippen LogP contribution >= 0.6 is 0 Å². The molecular formula is C36H71NO5. The van der Waals surface area contributed by atoms with Crippen molar-refractivity contribution in [3.63, 3.8) is 0 Å². The zero-order valence-corrected chi connectivity index (χ0v) is 27.8. The van der Waals surface area contributed by atoms with Crippen LogP contribution in [-0.2, 0) is 4.79 Å². The average Bonchev–Trinajstić information content (AvgIpc) is 2.99. The van der Waals surface area contributed by atoms with Gasteiger partial charge in [0.15, 0.2) is 0 Å². The number of carbonyl (C=O) groups is 1. The van der Waals surface area contributed by atoms with Gasteiger partial charge < -0.3 is 25.7 Å². The summed E-state index contributed by atoms with van der Waals surface area (Å²) in [6, 6.07) is -0.982. The van der Waals surface area contributed by atoms with Crippen LogP contribution in [0.5, 0.6) is 0 Å². The van der Waals surface area contributed by atoms with Crippen LogP contribution in [0.2, 0.25) is 0 Å². The molecule has 0 bridgehead atoms. The number of hydrogen-bond acceptors (Lipinski definition) is 5. The van der Waals surface area contributed by atoms with Crippen molar-refractivity contribution in [1.82, 2.24) is 5.32 Å². The minimum absolute atomic E-state index is 0.363. The van der Waals surface area contributed by atoms with Crippen molar-refractivity contribution in [2.75, 3.05) is 6.61 Å². The third-order valence-corrected chi connectivity index (χ3v) is 8.48. The summed E-state index contributed by atoms with van der Waals surface area (Å²) in [6.45, 7) is 4.00. The van der Waals surface area contributed by atoms with E-state index in [0.29, 0.717) is 12.8 Å². The van der Waals surface area contributed by atoms with Gasteiger partial charge in [-0.2, -0.15) is 0 Å². The molecular weight excluding hydrogens is 526 g/mol. The molecule has 0 aromatic carbocycles. The first-order valence-corrected chi connectivity index (χ1v) is 18.1. The molecule has 0 aliphatic rings. The maximum atomic E-state index is 12.4. The molecule has 4 atom stereocenters. The number of carbonyl (C=O) groups excluding carboxylic acids is 1. The summed E-state index contributed by atoms with van der Waals surface area (Å²) in [5.41, 5.74) is 0. The van der Waals surface area contributed by atoms with Gasteiger partial charge in [-0.25, -0.2) is 0 Å². The van der Waals surface area contributed by atoms with E-state index >= 15 is 0 Å². The van der Waals surface area contributed by atoms with E-state index in [0.717, 1.165) is 44.9 Å². The second-order valence-corrected chi connectivity index (χ2v) is 12.6. The molecule has 0 aromatic rings. The molecule has 6 heteroatoms. The van der Waals surface area contributed by atoms with Crippen LogP contribution in [0.1, 0.15) is 181 Å². The van der Waals surface area contributed by atoms with Gasteiger partial charge in [-0.15, -0.1) is 0 Å². The fourth-order valence-electron chi connectivity index (χ4n) is 5.51. The first-order valence-electron chi connectivity index (χ1n) is 18.1. The predicted molar refractivity (Wildman–Crippen MR) is 178 cm³/mol. The Balaban J connectivity index is 3.84. The molecule has 0 rings (SSSR count). The average molecular weight is 598 g/mol. The number of rotatable bonds is 32. The van der Waals surface area contributed by atoms with Gasteiger partial charge in [-0.3, -0.25) is 4.79 Å². The Bertz CT molecular complexity index is 599. The van der Waals surface area contributed by atoms with Crippen molar-refractivity contribution in [1.29, 1.82) is 0 Å². The van der Waals surface area contributed by atoms with Crippen molar-refractivity contribution >= 4 is 5.91 Å². The number of amides is 1. The van der Waals surface area contributed by atoms with Crippen molar-refractivity contribution < 1.29 is 25.2 Å². The van der Waals surface area contributed by atoms with E-state index in [2.05, 4.69) is 31.3 Å². The number of nitrogens with one attached hydrogen (secondary N) is 1. The monoisotopic (exact) mass is 598 g/mol. The highest BCUT2D eigenvalue weighted by atomic mass is 16.3. The summed E-state index contributed by atoms with van der Waals surface area (Å²) in [5.74, 6) is -0.591. The molecule has 4 unspecified atom stereocenters. The van der Waals surface area contributed by atoms with E-state index in [4.69, 9.17) is 0 Å². The largest absolute Gasteiger partial charge is 0.394 e. The van der Waals surface area contributed by atoms with Gasteiger partial charge in [0.1, 0.15) is 12.2 Å². The SMILES string of the molecule is CCCCCC/C=C\CCCCCCCCC(O)C(=O)NC(CO)C(O)C(O)CCCCCCCCCCCCCC. The Hall–Kier alpha value is -0.950. The quantitative estimate of drug-likeness (QED) is 0.0396. The lowest BCUT2D eigenvalue weighted by Crippen LogP contribution is -2.53. The van der Waals surface area contributed by atoms with Crippen LogP contribution in [0.4, 0.5) is 0 Å². The van der Waals surface area contributed by atoms with Crippen molar-refractivity contribution in [3.8, 4) is 0 Å². The summed E-state index contributed by atoms with van der Waals surface area (Å²) in [7, 11) is 0. The molecule has 0 aromatic heterocycles. The number of hydrogen-bond donors (Lipinski definition) is 5. The molecule has 0 aliphatic heterocycles. The minimum Gasteiger partial charge on any atom is -0.394 e. The smallest absolute Gasteiger partial charge is 0.249 e. The fraction of sp³-hybridized carbons (Fsp3) is 0.917. The number of aliphatic hydroxyl groups excluding tert-OH is 4. The maximum Gasteiger partial charge on any atom is 0.249 e. The highest BCUT2D eigenvalue weighted by Gasteiger charge is 2.28. The van der Waals surface area contributed by atoms with E-state index in [-0.39, 0.29) is 0 Å². The van der Waals surface area contributed by atoms with E-state index in [1.54, 1.807) is 0 Å². The first kappa shape index (κ1) is 41.0. The Morgan fingerprint density at radius 2 is 0.952 bits per heavy atom. The zero-order chi connectivity index (χ0) is 31.1. The molecule has 250 valence electrons. The molecule has 5 N–H and O–H groups in total. The van der Waals surface area contributed by atoms with Crippen LogP contribution in [0.25, 0.3) is 0 Å². The summed E-state index contributed by atoms with van der Waals surface area (Å²) < 4.78 is 0.